The Balaban J connectivity index is 2.78. The molecule has 2 N–H and O–H groups in total. The van der Waals surface area contributed by atoms with Gasteiger partial charge in [-0.2, -0.15) is 0 Å². The second kappa shape index (κ2) is 6.53. The molecule has 0 aromatic carbocycles. The lowest BCUT2D eigenvalue weighted by molar-refractivity contribution is -0.139. The molecule has 1 atom stereocenters. The Hall–Kier alpha value is -1.60. The molecular formula is C12H17NO5S. The Kier molecular flexibility index (Phi) is 5.31. The minimum Gasteiger partial charge on any atom is -0.496 e. The molecule has 6 nitrogen and oxygen atoms in total. The van der Waals surface area contributed by atoms with Gasteiger partial charge < -0.3 is 19.9 Å². The molecule has 0 bridgehead atoms. The number of carboxylic acid groups (broad SMARTS) is 1. The van der Waals surface area contributed by atoms with Gasteiger partial charge in [0.15, 0.2) is 0 Å². The molecule has 0 fully saturated rings. The highest BCUT2D eigenvalue weighted by Gasteiger charge is 2.30. The first-order valence-corrected chi connectivity index (χ1v) is 6.44. The zero-order chi connectivity index (χ0) is 14.5. The topological polar surface area (TPSA) is 84.9 Å². The Morgan fingerprint density at radius 1 is 1.47 bits per heavy atom. The monoisotopic (exact) mass is 287 g/mol. The van der Waals surface area contributed by atoms with E-state index in [9.17, 15) is 9.59 Å². The Labute approximate surface area is 115 Å². The number of hydrogen-bond donors (Lipinski definition) is 2. The maximum atomic E-state index is 12.0. The summed E-state index contributed by atoms with van der Waals surface area (Å²) in [5.41, 5.74) is -0.950. The SMILES string of the molecule is COCC(C)(CC(=O)O)NC(=O)c1cc(OC)cs1. The van der Waals surface area contributed by atoms with Crippen molar-refractivity contribution in [1.29, 1.82) is 0 Å². The van der Waals surface area contributed by atoms with E-state index in [1.807, 2.05) is 0 Å². The molecule has 1 unspecified atom stereocenters. The van der Waals surface area contributed by atoms with Crippen LogP contribution in [0.15, 0.2) is 11.4 Å². The van der Waals surface area contributed by atoms with Crippen molar-refractivity contribution in [3.63, 3.8) is 0 Å². The number of amides is 1. The highest BCUT2D eigenvalue weighted by atomic mass is 32.1. The van der Waals surface area contributed by atoms with E-state index in [1.165, 1.54) is 25.6 Å². The predicted molar refractivity (Wildman–Crippen MR) is 70.9 cm³/mol. The van der Waals surface area contributed by atoms with Crippen LogP contribution in [-0.2, 0) is 9.53 Å². The maximum absolute atomic E-state index is 12.0. The molecule has 1 aromatic rings. The molecule has 0 saturated carbocycles. The lowest BCUT2D eigenvalue weighted by atomic mass is 9.99. The second-order valence-electron chi connectivity index (χ2n) is 4.37. The van der Waals surface area contributed by atoms with Crippen LogP contribution in [0.1, 0.15) is 23.0 Å². The average molecular weight is 287 g/mol. The maximum Gasteiger partial charge on any atom is 0.305 e. The van der Waals surface area contributed by atoms with Gasteiger partial charge in [-0.05, 0) is 6.92 Å². The fourth-order valence-electron chi connectivity index (χ4n) is 1.66. The van der Waals surface area contributed by atoms with Crippen LogP contribution in [0, 0.1) is 0 Å². The molecule has 0 aliphatic rings. The highest BCUT2D eigenvalue weighted by Crippen LogP contribution is 2.22. The molecule has 1 aromatic heterocycles. The predicted octanol–water partition coefficient (Wildman–Crippen LogP) is 1.37. The van der Waals surface area contributed by atoms with Gasteiger partial charge in [-0.3, -0.25) is 9.59 Å². The van der Waals surface area contributed by atoms with Crippen LogP contribution in [0.3, 0.4) is 0 Å². The summed E-state index contributed by atoms with van der Waals surface area (Å²) in [6.07, 6.45) is -0.213. The number of carbonyl (C=O) groups is 2. The van der Waals surface area contributed by atoms with Gasteiger partial charge in [0.25, 0.3) is 5.91 Å². The molecule has 0 aliphatic heterocycles. The van der Waals surface area contributed by atoms with Crippen LogP contribution in [0.25, 0.3) is 0 Å². The summed E-state index contributed by atoms with van der Waals surface area (Å²) in [5.74, 6) is -0.737. The van der Waals surface area contributed by atoms with E-state index in [-0.39, 0.29) is 18.9 Å². The summed E-state index contributed by atoms with van der Waals surface area (Å²) >= 11 is 1.23. The van der Waals surface area contributed by atoms with Gasteiger partial charge in [-0.1, -0.05) is 0 Å². The Morgan fingerprint density at radius 2 is 2.16 bits per heavy atom. The molecule has 0 saturated heterocycles. The number of methoxy groups -OCH3 is 2. The third kappa shape index (κ3) is 4.53. The van der Waals surface area contributed by atoms with Crippen LogP contribution in [-0.4, -0.2) is 43.3 Å². The number of hydrogen-bond acceptors (Lipinski definition) is 5. The van der Waals surface area contributed by atoms with Crippen molar-refractivity contribution in [2.45, 2.75) is 18.9 Å². The smallest absolute Gasteiger partial charge is 0.305 e. The molecule has 0 radical (unpaired) electrons. The molecule has 0 aliphatic carbocycles. The van der Waals surface area contributed by atoms with Gasteiger partial charge in [0.05, 0.1) is 30.6 Å². The van der Waals surface area contributed by atoms with E-state index in [0.717, 1.165) is 0 Å². The lowest BCUT2D eigenvalue weighted by Crippen LogP contribution is -2.50. The van der Waals surface area contributed by atoms with Crippen LogP contribution >= 0.6 is 11.3 Å². The second-order valence-corrected chi connectivity index (χ2v) is 5.28. The minimum atomic E-state index is -0.997. The van der Waals surface area contributed by atoms with Crippen molar-refractivity contribution in [2.24, 2.45) is 0 Å². The van der Waals surface area contributed by atoms with E-state index in [4.69, 9.17) is 14.6 Å². The molecule has 1 rings (SSSR count). The molecule has 106 valence electrons. The minimum absolute atomic E-state index is 0.119. The van der Waals surface area contributed by atoms with Crippen LogP contribution < -0.4 is 10.1 Å². The van der Waals surface area contributed by atoms with Gasteiger partial charge in [-0.15, -0.1) is 11.3 Å². The number of aliphatic carboxylic acids is 1. The highest BCUT2D eigenvalue weighted by molar-refractivity contribution is 7.12. The summed E-state index contributed by atoms with van der Waals surface area (Å²) in [4.78, 5) is 23.3. The summed E-state index contributed by atoms with van der Waals surface area (Å²) in [5, 5.41) is 13.3. The van der Waals surface area contributed by atoms with E-state index >= 15 is 0 Å². The van der Waals surface area contributed by atoms with E-state index in [0.29, 0.717) is 10.6 Å². The van der Waals surface area contributed by atoms with Gasteiger partial charge in [0.2, 0.25) is 0 Å². The summed E-state index contributed by atoms with van der Waals surface area (Å²) in [6.45, 7) is 1.75. The van der Waals surface area contributed by atoms with Crippen molar-refractivity contribution in [1.82, 2.24) is 5.32 Å². The van der Waals surface area contributed by atoms with Gasteiger partial charge in [0.1, 0.15) is 5.75 Å². The fourth-order valence-corrected chi connectivity index (χ4v) is 2.41. The van der Waals surface area contributed by atoms with Gasteiger partial charge >= 0.3 is 5.97 Å². The number of thiophene rings is 1. The number of carbonyl (C=O) groups excluding carboxylic acids is 1. The summed E-state index contributed by atoms with van der Waals surface area (Å²) < 4.78 is 9.97. The first-order valence-electron chi connectivity index (χ1n) is 5.56. The molecule has 0 spiro atoms. The van der Waals surface area contributed by atoms with Crippen molar-refractivity contribution < 1.29 is 24.2 Å². The first kappa shape index (κ1) is 15.5. The summed E-state index contributed by atoms with van der Waals surface area (Å²) in [7, 11) is 2.98. The van der Waals surface area contributed by atoms with Crippen molar-refractivity contribution in [3.05, 3.63) is 16.3 Å². The third-order valence-corrected chi connectivity index (χ3v) is 3.36. The normalized spacial score (nSPS) is 13.6. The molecule has 1 heterocycles. The first-order chi connectivity index (χ1) is 8.90. The Bertz CT molecular complexity index is 459. The van der Waals surface area contributed by atoms with E-state index in [1.54, 1.807) is 18.4 Å². The standard InChI is InChI=1S/C12H17NO5S/c1-12(7-17-2,5-10(14)15)13-11(16)9-4-8(18-3)6-19-9/h4,6H,5,7H2,1-3H3,(H,13,16)(H,14,15). The lowest BCUT2D eigenvalue weighted by Gasteiger charge is -2.28. The van der Waals surface area contributed by atoms with Gasteiger partial charge in [-0.25, -0.2) is 0 Å². The Morgan fingerprint density at radius 3 is 2.63 bits per heavy atom. The quantitative estimate of drug-likeness (QED) is 0.791. The molecule has 19 heavy (non-hydrogen) atoms. The van der Waals surface area contributed by atoms with Crippen LogP contribution in [0.2, 0.25) is 0 Å². The number of nitrogens with one attached hydrogen (secondary N) is 1. The van der Waals surface area contributed by atoms with Crippen molar-refractivity contribution >= 4 is 23.2 Å². The van der Waals surface area contributed by atoms with E-state index < -0.39 is 11.5 Å². The van der Waals surface area contributed by atoms with Gasteiger partial charge in [0, 0.05) is 18.6 Å². The van der Waals surface area contributed by atoms with Crippen LogP contribution in [0.4, 0.5) is 0 Å². The van der Waals surface area contributed by atoms with Crippen molar-refractivity contribution in [3.8, 4) is 5.75 Å². The molecule has 7 heteroatoms. The van der Waals surface area contributed by atoms with E-state index in [2.05, 4.69) is 5.32 Å². The third-order valence-electron chi connectivity index (χ3n) is 2.45. The largest absolute Gasteiger partial charge is 0.496 e. The fraction of sp³-hybridized carbons (Fsp3) is 0.500. The average Bonchev–Trinajstić information content (AvgIpc) is 2.76. The number of carboxylic acids is 1. The van der Waals surface area contributed by atoms with Crippen LogP contribution in [0.5, 0.6) is 5.75 Å². The molecule has 1 amide bonds. The zero-order valence-electron chi connectivity index (χ0n) is 11.1. The van der Waals surface area contributed by atoms with Crippen molar-refractivity contribution in [2.75, 3.05) is 20.8 Å². The number of ether oxygens (including phenoxy) is 2. The number of rotatable bonds is 7. The zero-order valence-corrected chi connectivity index (χ0v) is 11.9. The summed E-state index contributed by atoms with van der Waals surface area (Å²) in [6, 6.07) is 1.61. The molecular weight excluding hydrogens is 270 g/mol.